The summed E-state index contributed by atoms with van der Waals surface area (Å²) in [4.78, 5) is 8.11. The largest absolute Gasteiger partial charge is 0.497 e. The zero-order valence-corrected chi connectivity index (χ0v) is 18.1. The van der Waals surface area contributed by atoms with Gasteiger partial charge in [-0.15, -0.1) is 11.3 Å². The molecule has 1 fully saturated rings. The fourth-order valence-corrected chi connectivity index (χ4v) is 6.07. The zero-order valence-electron chi connectivity index (χ0n) is 17.3. The SMILES string of the molecule is COc1ccc(CCN2CCC(C3(O)c4sccc4CCn4ncnc43)CC2)cc1. The molecule has 1 unspecified atom stereocenters. The fraction of sp³-hybridized carbons (Fsp3) is 0.478. The van der Waals surface area contributed by atoms with Crippen molar-refractivity contribution in [1.82, 2.24) is 19.7 Å². The van der Waals surface area contributed by atoms with Crippen LogP contribution in [0.5, 0.6) is 5.75 Å². The van der Waals surface area contributed by atoms with Crippen molar-refractivity contribution in [3.05, 3.63) is 63.9 Å². The number of piperidine rings is 1. The lowest BCUT2D eigenvalue weighted by molar-refractivity contribution is -0.0202. The number of fused-ring (bicyclic) bond motifs is 2. The molecule has 1 aromatic carbocycles. The minimum atomic E-state index is -1.03. The standard InChI is InChI=1S/C23H28N4O2S/c1-29-20-4-2-17(3-5-20)6-11-26-12-8-19(9-13-26)23(28)21-18(10-15-30-21)7-14-27-22(23)24-16-25-27/h2-5,10,15-16,19,28H,6-9,11-14H2,1H3. The van der Waals surface area contributed by atoms with Crippen molar-refractivity contribution in [2.45, 2.75) is 37.8 Å². The normalized spacial score (nSPS) is 22.3. The molecule has 2 aliphatic rings. The van der Waals surface area contributed by atoms with E-state index >= 15 is 0 Å². The maximum absolute atomic E-state index is 12.1. The molecule has 0 saturated carbocycles. The Balaban J connectivity index is 1.28. The Hall–Kier alpha value is -2.22. The van der Waals surface area contributed by atoms with Gasteiger partial charge < -0.3 is 14.7 Å². The molecule has 6 nitrogen and oxygen atoms in total. The van der Waals surface area contributed by atoms with Gasteiger partial charge >= 0.3 is 0 Å². The van der Waals surface area contributed by atoms with Gasteiger partial charge in [0.1, 0.15) is 12.1 Å². The van der Waals surface area contributed by atoms with Gasteiger partial charge in [-0.1, -0.05) is 12.1 Å². The number of ether oxygens (including phenoxy) is 1. The van der Waals surface area contributed by atoms with Crippen LogP contribution in [0.1, 0.15) is 34.7 Å². The molecule has 2 aliphatic heterocycles. The van der Waals surface area contributed by atoms with Crippen LogP contribution in [0.25, 0.3) is 0 Å². The Morgan fingerprint density at radius 3 is 2.73 bits per heavy atom. The number of thiophene rings is 1. The number of hydrogen-bond donors (Lipinski definition) is 1. The number of likely N-dealkylation sites (tertiary alicyclic amines) is 1. The lowest BCUT2D eigenvalue weighted by Gasteiger charge is -2.40. The van der Waals surface area contributed by atoms with E-state index in [9.17, 15) is 5.11 Å². The topological polar surface area (TPSA) is 63.4 Å². The monoisotopic (exact) mass is 424 g/mol. The number of nitrogens with zero attached hydrogens (tertiary/aromatic N) is 4. The maximum atomic E-state index is 12.1. The summed E-state index contributed by atoms with van der Waals surface area (Å²) in [6.07, 6.45) is 5.44. The molecule has 0 bridgehead atoms. The quantitative estimate of drug-likeness (QED) is 0.682. The third kappa shape index (κ3) is 3.45. The molecular formula is C23H28N4O2S. The first-order chi connectivity index (χ1) is 14.7. The van der Waals surface area contributed by atoms with E-state index in [-0.39, 0.29) is 5.92 Å². The summed E-state index contributed by atoms with van der Waals surface area (Å²) in [7, 11) is 1.70. The number of hydrogen-bond acceptors (Lipinski definition) is 6. The van der Waals surface area contributed by atoms with Crippen LogP contribution < -0.4 is 4.74 Å². The molecule has 158 valence electrons. The number of rotatable bonds is 5. The first kappa shape index (κ1) is 19.7. The predicted octanol–water partition coefficient (Wildman–Crippen LogP) is 3.09. The summed E-state index contributed by atoms with van der Waals surface area (Å²) in [5.74, 6) is 1.78. The van der Waals surface area contributed by atoms with E-state index in [1.165, 1.54) is 11.1 Å². The number of aryl methyl sites for hydroxylation is 2. The third-order valence-electron chi connectivity index (χ3n) is 6.70. The second-order valence-corrected chi connectivity index (χ2v) is 9.23. The van der Waals surface area contributed by atoms with Gasteiger partial charge in [-0.2, -0.15) is 5.10 Å². The molecule has 0 radical (unpaired) electrons. The smallest absolute Gasteiger partial charge is 0.164 e. The summed E-state index contributed by atoms with van der Waals surface area (Å²) in [6, 6.07) is 10.5. The van der Waals surface area contributed by atoms with E-state index in [0.717, 1.165) is 68.3 Å². The Labute approximate surface area is 181 Å². The van der Waals surface area contributed by atoms with E-state index in [2.05, 4.69) is 38.6 Å². The number of benzene rings is 1. The van der Waals surface area contributed by atoms with E-state index < -0.39 is 5.60 Å². The number of aromatic nitrogens is 3. The molecule has 1 N–H and O–H groups in total. The average molecular weight is 425 g/mol. The lowest BCUT2D eigenvalue weighted by Crippen LogP contribution is -2.45. The zero-order chi connectivity index (χ0) is 20.6. The summed E-state index contributed by atoms with van der Waals surface area (Å²) >= 11 is 1.66. The van der Waals surface area contributed by atoms with Crippen molar-refractivity contribution in [2.75, 3.05) is 26.7 Å². The summed E-state index contributed by atoms with van der Waals surface area (Å²) in [5, 5.41) is 18.6. The summed E-state index contributed by atoms with van der Waals surface area (Å²) in [5.41, 5.74) is 1.55. The first-order valence-electron chi connectivity index (χ1n) is 10.7. The van der Waals surface area contributed by atoms with Gasteiger partial charge in [0, 0.05) is 23.9 Å². The molecule has 0 amide bonds. The number of aliphatic hydroxyl groups is 1. The Kier molecular flexibility index (Phi) is 5.35. The predicted molar refractivity (Wildman–Crippen MR) is 117 cm³/mol. The van der Waals surface area contributed by atoms with Crippen LogP contribution in [0.15, 0.2) is 42.0 Å². The van der Waals surface area contributed by atoms with Crippen LogP contribution >= 0.6 is 11.3 Å². The molecule has 2 aromatic heterocycles. The van der Waals surface area contributed by atoms with E-state index in [1.807, 2.05) is 16.8 Å². The summed E-state index contributed by atoms with van der Waals surface area (Å²) < 4.78 is 7.15. The second-order valence-electron chi connectivity index (χ2n) is 8.31. The highest BCUT2D eigenvalue weighted by Crippen LogP contribution is 2.46. The Morgan fingerprint density at radius 1 is 1.17 bits per heavy atom. The molecule has 4 heterocycles. The van der Waals surface area contributed by atoms with Gasteiger partial charge in [-0.3, -0.25) is 0 Å². The van der Waals surface area contributed by atoms with Gasteiger partial charge in [0.15, 0.2) is 11.4 Å². The Morgan fingerprint density at radius 2 is 1.97 bits per heavy atom. The van der Waals surface area contributed by atoms with Crippen LogP contribution in [0, 0.1) is 5.92 Å². The lowest BCUT2D eigenvalue weighted by atomic mass is 9.78. The maximum Gasteiger partial charge on any atom is 0.164 e. The summed E-state index contributed by atoms with van der Waals surface area (Å²) in [6.45, 7) is 3.82. The van der Waals surface area contributed by atoms with E-state index in [0.29, 0.717) is 0 Å². The first-order valence-corrected chi connectivity index (χ1v) is 11.6. The average Bonchev–Trinajstić information content (AvgIpc) is 3.44. The van der Waals surface area contributed by atoms with Crippen LogP contribution in [0.4, 0.5) is 0 Å². The highest BCUT2D eigenvalue weighted by Gasteiger charge is 2.48. The molecular weight excluding hydrogens is 396 g/mol. The van der Waals surface area contributed by atoms with Crippen LogP contribution in [0.2, 0.25) is 0 Å². The van der Waals surface area contributed by atoms with Crippen LogP contribution in [-0.2, 0) is 25.0 Å². The van der Waals surface area contributed by atoms with Crippen LogP contribution in [-0.4, -0.2) is 51.5 Å². The van der Waals surface area contributed by atoms with E-state index in [1.54, 1.807) is 24.8 Å². The second kappa shape index (κ2) is 8.13. The molecule has 3 aromatic rings. The van der Waals surface area contributed by atoms with Crippen molar-refractivity contribution >= 4 is 11.3 Å². The van der Waals surface area contributed by atoms with Crippen molar-refractivity contribution in [3.63, 3.8) is 0 Å². The van der Waals surface area contributed by atoms with Gasteiger partial charge in [-0.25, -0.2) is 9.67 Å². The van der Waals surface area contributed by atoms with Gasteiger partial charge in [0.25, 0.3) is 0 Å². The molecule has 0 spiro atoms. The molecule has 30 heavy (non-hydrogen) atoms. The third-order valence-corrected chi connectivity index (χ3v) is 7.78. The minimum Gasteiger partial charge on any atom is -0.497 e. The number of methoxy groups -OCH3 is 1. The highest BCUT2D eigenvalue weighted by atomic mass is 32.1. The van der Waals surface area contributed by atoms with Crippen molar-refractivity contribution in [3.8, 4) is 5.75 Å². The van der Waals surface area contributed by atoms with Crippen molar-refractivity contribution in [1.29, 1.82) is 0 Å². The van der Waals surface area contributed by atoms with Crippen LogP contribution in [0.3, 0.4) is 0 Å². The van der Waals surface area contributed by atoms with Gasteiger partial charge in [0.05, 0.1) is 7.11 Å². The van der Waals surface area contributed by atoms with Crippen molar-refractivity contribution in [2.24, 2.45) is 5.92 Å². The molecule has 1 atom stereocenters. The highest BCUT2D eigenvalue weighted by molar-refractivity contribution is 7.10. The molecule has 1 saturated heterocycles. The van der Waals surface area contributed by atoms with Gasteiger partial charge in [0.2, 0.25) is 0 Å². The molecule has 7 heteroatoms. The molecule has 5 rings (SSSR count). The van der Waals surface area contributed by atoms with E-state index in [4.69, 9.17) is 4.74 Å². The fourth-order valence-electron chi connectivity index (χ4n) is 4.94. The minimum absolute atomic E-state index is 0.160. The Bertz CT molecular complexity index is 947. The van der Waals surface area contributed by atoms with Crippen molar-refractivity contribution < 1.29 is 9.84 Å². The van der Waals surface area contributed by atoms with Gasteiger partial charge in [-0.05, 0) is 73.5 Å². The molecule has 0 aliphatic carbocycles.